The molecule has 0 fully saturated rings. The van der Waals surface area contributed by atoms with Gasteiger partial charge in [0.05, 0.1) is 6.10 Å². The van der Waals surface area contributed by atoms with Gasteiger partial charge in [-0.3, -0.25) is 0 Å². The monoisotopic (exact) mass is 356 g/mol. The third-order valence-corrected chi connectivity index (χ3v) is 4.27. The Morgan fingerprint density at radius 1 is 1.20 bits per heavy atom. The van der Waals surface area contributed by atoms with Crippen molar-refractivity contribution in [1.82, 2.24) is 0 Å². The second-order valence-corrected chi connectivity index (χ2v) is 6.00. The zero-order valence-electron chi connectivity index (χ0n) is 10.3. The van der Waals surface area contributed by atoms with Crippen molar-refractivity contribution >= 4 is 27.5 Å². The Hall–Kier alpha value is -1.10. The number of hydrogen-bond donors (Lipinski definition) is 1. The second-order valence-electron chi connectivity index (χ2n) is 4.71. The topological polar surface area (TPSA) is 29.5 Å². The van der Waals surface area contributed by atoms with Crippen molar-refractivity contribution < 1.29 is 14.2 Å². The van der Waals surface area contributed by atoms with Crippen LogP contribution in [-0.4, -0.2) is 5.11 Å². The predicted molar refractivity (Wildman–Crippen MR) is 78.5 cm³/mol. The Morgan fingerprint density at radius 2 is 2.00 bits per heavy atom. The number of aliphatic hydroxyl groups is 1. The summed E-state index contributed by atoms with van der Waals surface area (Å²) in [5, 5.41) is 10.8. The maximum absolute atomic E-state index is 13.2. The van der Waals surface area contributed by atoms with Gasteiger partial charge < -0.3 is 9.84 Å². The maximum Gasteiger partial charge on any atom is 0.128 e. The van der Waals surface area contributed by atoms with E-state index in [1.54, 1.807) is 18.2 Å². The van der Waals surface area contributed by atoms with Crippen LogP contribution in [0.1, 0.15) is 29.8 Å². The number of benzene rings is 2. The van der Waals surface area contributed by atoms with E-state index in [1.807, 2.05) is 6.07 Å². The lowest BCUT2D eigenvalue weighted by Gasteiger charge is -2.30. The lowest BCUT2D eigenvalue weighted by molar-refractivity contribution is 0.0650. The molecule has 0 aliphatic carbocycles. The summed E-state index contributed by atoms with van der Waals surface area (Å²) in [6, 6.07) is 9.60. The van der Waals surface area contributed by atoms with Gasteiger partial charge in [-0.2, -0.15) is 0 Å². The molecular formula is C15H11BrClFO2. The minimum Gasteiger partial charge on any atom is -0.485 e. The van der Waals surface area contributed by atoms with Crippen molar-refractivity contribution in [2.45, 2.75) is 18.6 Å². The lowest BCUT2D eigenvalue weighted by Crippen LogP contribution is -2.19. The number of rotatable bonds is 1. The molecular weight excluding hydrogens is 347 g/mol. The Morgan fingerprint density at radius 3 is 2.75 bits per heavy atom. The average molecular weight is 358 g/mol. The molecule has 0 radical (unpaired) electrons. The molecule has 0 saturated carbocycles. The highest BCUT2D eigenvalue weighted by molar-refractivity contribution is 9.10. The van der Waals surface area contributed by atoms with Crippen LogP contribution in [0.25, 0.3) is 0 Å². The third kappa shape index (κ3) is 2.55. The number of ether oxygens (including phenoxy) is 1. The fraction of sp³-hybridized carbons (Fsp3) is 0.200. The quantitative estimate of drug-likeness (QED) is 0.794. The molecule has 3 rings (SSSR count). The number of hydrogen-bond acceptors (Lipinski definition) is 2. The molecule has 1 aliphatic heterocycles. The van der Waals surface area contributed by atoms with Crippen molar-refractivity contribution in [1.29, 1.82) is 0 Å². The van der Waals surface area contributed by atoms with Crippen LogP contribution in [0.2, 0.25) is 5.02 Å². The third-order valence-electron chi connectivity index (χ3n) is 3.35. The minimum absolute atomic E-state index is 0.297. The molecule has 2 aromatic rings. The lowest BCUT2D eigenvalue weighted by atomic mass is 9.95. The zero-order chi connectivity index (χ0) is 14.3. The van der Waals surface area contributed by atoms with E-state index in [1.165, 1.54) is 12.1 Å². The van der Waals surface area contributed by atoms with Gasteiger partial charge in [0, 0.05) is 27.0 Å². The highest BCUT2D eigenvalue weighted by Crippen LogP contribution is 2.42. The molecule has 2 aromatic carbocycles. The van der Waals surface area contributed by atoms with Crippen LogP contribution in [0.5, 0.6) is 5.75 Å². The summed E-state index contributed by atoms with van der Waals surface area (Å²) in [5.41, 5.74) is 1.40. The Bertz CT molecular complexity index is 662. The van der Waals surface area contributed by atoms with Crippen LogP contribution >= 0.6 is 27.5 Å². The highest BCUT2D eigenvalue weighted by Gasteiger charge is 2.29. The molecule has 0 bridgehead atoms. The molecule has 2 nitrogen and oxygen atoms in total. The van der Waals surface area contributed by atoms with Gasteiger partial charge in [-0.25, -0.2) is 4.39 Å². The molecule has 1 unspecified atom stereocenters. The average Bonchev–Trinajstić information content (AvgIpc) is 2.39. The van der Waals surface area contributed by atoms with Gasteiger partial charge in [-0.05, 0) is 30.3 Å². The molecule has 20 heavy (non-hydrogen) atoms. The van der Waals surface area contributed by atoms with E-state index in [0.717, 1.165) is 10.0 Å². The normalized spacial score (nSPS) is 21.2. The van der Waals surface area contributed by atoms with E-state index in [2.05, 4.69) is 15.9 Å². The van der Waals surface area contributed by atoms with E-state index in [-0.39, 0.29) is 11.9 Å². The van der Waals surface area contributed by atoms with Gasteiger partial charge in [0.25, 0.3) is 0 Å². The van der Waals surface area contributed by atoms with Gasteiger partial charge in [0.2, 0.25) is 0 Å². The van der Waals surface area contributed by atoms with Gasteiger partial charge in [0.1, 0.15) is 17.7 Å². The predicted octanol–water partition coefficient (Wildman–Crippen LogP) is 4.80. The van der Waals surface area contributed by atoms with Gasteiger partial charge in [-0.15, -0.1) is 0 Å². The van der Waals surface area contributed by atoms with E-state index >= 15 is 0 Å². The maximum atomic E-state index is 13.2. The summed E-state index contributed by atoms with van der Waals surface area (Å²) < 4.78 is 19.9. The van der Waals surface area contributed by atoms with Crippen molar-refractivity contribution in [2.75, 3.05) is 0 Å². The van der Waals surface area contributed by atoms with Crippen molar-refractivity contribution in [3.05, 3.63) is 62.8 Å². The molecule has 0 spiro atoms. The summed E-state index contributed by atoms with van der Waals surface area (Å²) >= 11 is 9.37. The van der Waals surface area contributed by atoms with Crippen molar-refractivity contribution in [3.63, 3.8) is 0 Å². The zero-order valence-corrected chi connectivity index (χ0v) is 12.7. The summed E-state index contributed by atoms with van der Waals surface area (Å²) in [6.45, 7) is 0. The van der Waals surface area contributed by atoms with Gasteiger partial charge in [0.15, 0.2) is 0 Å². The second kappa shape index (κ2) is 5.35. The first-order valence-electron chi connectivity index (χ1n) is 6.13. The molecule has 0 aromatic heterocycles. The standard InChI is InChI=1S/C15H11BrClFO2/c16-12-5-8(17)1-3-10(12)15-7-13(19)11-6-9(18)2-4-14(11)20-15/h1-6,13,15,19H,7H2/t13-,15?/m1/s1. The number of halogens is 3. The first-order chi connectivity index (χ1) is 9.54. The molecule has 0 saturated heterocycles. The fourth-order valence-electron chi connectivity index (χ4n) is 2.37. The minimum atomic E-state index is -0.748. The molecule has 1 N–H and O–H groups in total. The molecule has 0 amide bonds. The van der Waals surface area contributed by atoms with Crippen LogP contribution in [0, 0.1) is 5.82 Å². The van der Waals surface area contributed by atoms with Gasteiger partial charge in [-0.1, -0.05) is 33.6 Å². The largest absolute Gasteiger partial charge is 0.485 e. The van der Waals surface area contributed by atoms with Crippen LogP contribution in [0.3, 0.4) is 0 Å². The summed E-state index contributed by atoms with van der Waals surface area (Å²) in [6.07, 6.45) is -0.673. The molecule has 1 heterocycles. The molecule has 104 valence electrons. The van der Waals surface area contributed by atoms with Crippen LogP contribution < -0.4 is 4.74 Å². The number of fused-ring (bicyclic) bond motifs is 1. The number of aliphatic hydroxyl groups excluding tert-OH is 1. The van der Waals surface area contributed by atoms with Crippen LogP contribution in [0.4, 0.5) is 4.39 Å². The van der Waals surface area contributed by atoms with Crippen LogP contribution in [0.15, 0.2) is 40.9 Å². The molecule has 2 atom stereocenters. The smallest absolute Gasteiger partial charge is 0.128 e. The Kier molecular flexibility index (Phi) is 3.71. The highest BCUT2D eigenvalue weighted by atomic mass is 79.9. The van der Waals surface area contributed by atoms with Crippen molar-refractivity contribution in [2.24, 2.45) is 0 Å². The van der Waals surface area contributed by atoms with E-state index in [0.29, 0.717) is 22.8 Å². The van der Waals surface area contributed by atoms with E-state index in [4.69, 9.17) is 16.3 Å². The molecule has 5 heteroatoms. The van der Waals surface area contributed by atoms with Gasteiger partial charge >= 0.3 is 0 Å². The summed E-state index contributed by atoms with van der Waals surface area (Å²) in [4.78, 5) is 0. The first-order valence-corrected chi connectivity index (χ1v) is 7.31. The summed E-state index contributed by atoms with van der Waals surface area (Å²) in [5.74, 6) is 0.134. The fourth-order valence-corrected chi connectivity index (χ4v) is 3.31. The van der Waals surface area contributed by atoms with E-state index in [9.17, 15) is 9.50 Å². The molecule has 1 aliphatic rings. The van der Waals surface area contributed by atoms with Crippen molar-refractivity contribution in [3.8, 4) is 5.75 Å². The SMILES string of the molecule is O[C@@H]1CC(c2ccc(Cl)cc2Br)Oc2ccc(F)cc21. The van der Waals surface area contributed by atoms with Crippen LogP contribution in [-0.2, 0) is 0 Å². The first kappa shape index (κ1) is 13.9. The Balaban J connectivity index is 1.97. The Labute approximate surface area is 129 Å². The van der Waals surface area contributed by atoms with E-state index < -0.39 is 6.10 Å². The summed E-state index contributed by atoms with van der Waals surface area (Å²) in [7, 11) is 0.